The quantitative estimate of drug-likeness (QED) is 0.597. The molecule has 44 valence electrons. The van der Waals surface area contributed by atoms with E-state index in [0.29, 0.717) is 0 Å². The average Bonchev–Trinajstić information content (AvgIpc) is 0.722. The van der Waals surface area contributed by atoms with Crippen LogP contribution in [0, 0.1) is 0 Å². The van der Waals surface area contributed by atoms with E-state index in [1.165, 1.54) is 0 Å². The van der Waals surface area contributed by atoms with Gasteiger partial charge in [0.15, 0.2) is 0 Å². The van der Waals surface area contributed by atoms with E-state index in [1.54, 1.807) is 0 Å². The maximum Gasteiger partial charge on any atom is 0 e. The van der Waals surface area contributed by atoms with Gasteiger partial charge in [0.05, 0.1) is 0 Å². The van der Waals surface area contributed by atoms with Gasteiger partial charge in [0.1, 0.15) is 0 Å². The van der Waals surface area contributed by atoms with Gasteiger partial charge in [0.2, 0.25) is 0 Å². The Bertz CT molecular complexity index is 27.2. The van der Waals surface area contributed by atoms with Crippen LogP contribution in [-0.2, 0) is 29.4 Å². The molecule has 0 radical (unpaired) electrons. The molecule has 0 spiro atoms. The van der Waals surface area contributed by atoms with Gasteiger partial charge < -0.3 is 0 Å². The molecule has 0 aromatic rings. The molecule has 0 N–H and O–H groups in total. The van der Waals surface area contributed by atoms with E-state index < -0.39 is 12.3 Å². The van der Waals surface area contributed by atoms with Crippen molar-refractivity contribution in [3.05, 3.63) is 0 Å². The predicted octanol–water partition coefficient (Wildman–Crippen LogP) is 1.84. The monoisotopic (exact) mass is 286 g/mol. The zero-order valence-electron chi connectivity index (χ0n) is 2.37. The van der Waals surface area contributed by atoms with E-state index in [9.17, 15) is 0 Å². The zero-order valence-corrected chi connectivity index (χ0v) is 8.05. The molecule has 0 bridgehead atoms. The second-order valence-corrected chi connectivity index (χ2v) is 15.9. The van der Waals surface area contributed by atoms with Crippen molar-refractivity contribution in [2.24, 2.45) is 0 Å². The van der Waals surface area contributed by atoms with Gasteiger partial charge in [-0.05, 0) is 0 Å². The molecule has 0 heterocycles. The van der Waals surface area contributed by atoms with Crippen molar-refractivity contribution in [1.82, 2.24) is 0 Å². The smallest absolute Gasteiger partial charge is 0 e. The number of hydrogen-bond donors (Lipinski definition) is 0. The average molecular weight is 288 g/mol. The van der Waals surface area contributed by atoms with Crippen LogP contribution in [0.4, 0.5) is 0 Å². The second-order valence-electron chi connectivity index (χ2n) is 0.429. The molecule has 0 aromatic carbocycles. The molecular formula is H2CaCl4FeTi. The third kappa shape index (κ3) is 42.4. The van der Waals surface area contributed by atoms with Gasteiger partial charge >= 0.3 is 87.3 Å². The first-order valence-corrected chi connectivity index (χ1v) is 9.35. The first-order valence-electron chi connectivity index (χ1n) is 0.756. The Morgan fingerprint density at radius 3 is 0.857 bits per heavy atom. The number of rotatable bonds is 0. The fraction of sp³-hybridized carbons (Fsp3) is 0. The van der Waals surface area contributed by atoms with Crippen LogP contribution < -0.4 is 0 Å². The van der Waals surface area contributed by atoms with E-state index in [0.717, 1.165) is 0 Å². The summed E-state index contributed by atoms with van der Waals surface area (Å²) >= 11 is -3.11. The molecule has 0 unspecified atom stereocenters. The van der Waals surface area contributed by atoms with E-state index >= 15 is 0 Å². The van der Waals surface area contributed by atoms with Gasteiger partial charge in [-0.25, -0.2) is 0 Å². The summed E-state index contributed by atoms with van der Waals surface area (Å²) in [6.45, 7) is 0. The summed E-state index contributed by atoms with van der Waals surface area (Å²) in [7, 11) is 20.1. The summed E-state index contributed by atoms with van der Waals surface area (Å²) in [5, 5.41) is 0. The summed E-state index contributed by atoms with van der Waals surface area (Å²) in [6, 6.07) is 0. The summed E-state index contributed by atoms with van der Waals surface area (Å²) in [4.78, 5) is 0. The zero-order chi connectivity index (χ0) is 4.50. The van der Waals surface area contributed by atoms with Crippen LogP contribution in [-0.4, -0.2) is 37.7 Å². The van der Waals surface area contributed by atoms with Gasteiger partial charge in [-0.2, -0.15) is 0 Å². The first kappa shape index (κ1) is 16.9. The van der Waals surface area contributed by atoms with Crippen LogP contribution in [0.25, 0.3) is 0 Å². The number of hydrogen-bond acceptors (Lipinski definition) is 0. The summed E-state index contributed by atoms with van der Waals surface area (Å²) in [5.74, 6) is 0. The van der Waals surface area contributed by atoms with Crippen LogP contribution in [0.2, 0.25) is 0 Å². The molecule has 0 rings (SSSR count). The Hall–Kier alpha value is 3.65. The van der Waals surface area contributed by atoms with Crippen LogP contribution in [0.1, 0.15) is 0 Å². The molecule has 0 fully saturated rings. The fourth-order valence-electron chi connectivity index (χ4n) is 0. The van der Waals surface area contributed by atoms with Gasteiger partial charge in [-0.1, -0.05) is 0 Å². The normalized spacial score (nSPS) is 8.57. The first-order chi connectivity index (χ1) is 2.00. The molecule has 0 aromatic heterocycles. The molecule has 0 saturated carbocycles. The Morgan fingerprint density at radius 1 is 0.857 bits per heavy atom. The van der Waals surface area contributed by atoms with Crippen molar-refractivity contribution in [3.63, 3.8) is 0 Å². The SMILES string of the molecule is [CaH2].[Cl][Ti]([Cl])([Cl])[Cl].[Fe]. The van der Waals surface area contributed by atoms with Crippen LogP contribution in [0.15, 0.2) is 0 Å². The van der Waals surface area contributed by atoms with Gasteiger partial charge in [0.25, 0.3) is 0 Å². The third-order valence-electron chi connectivity index (χ3n) is 0. The molecular weight excluding hydrogens is 286 g/mol. The summed E-state index contributed by atoms with van der Waals surface area (Å²) in [5.41, 5.74) is 0. The third-order valence-corrected chi connectivity index (χ3v) is 0. The van der Waals surface area contributed by atoms with E-state index in [2.05, 4.69) is 0 Å². The second kappa shape index (κ2) is 7.76. The Balaban J connectivity index is -0.0000000800. The molecule has 7 heavy (non-hydrogen) atoms. The molecule has 0 amide bonds. The minimum Gasteiger partial charge on any atom is 0 e. The standard InChI is InChI=1S/Ca.4ClH.Fe.Ti.2H/h;4*1H;;;;/q;;;;;;+4;;/p-4. The largest absolute Gasteiger partial charge is 0 e. The van der Waals surface area contributed by atoms with Gasteiger partial charge in [0, 0.05) is 17.1 Å². The van der Waals surface area contributed by atoms with Crippen LogP contribution in [0.5, 0.6) is 0 Å². The van der Waals surface area contributed by atoms with Crippen molar-refractivity contribution in [1.29, 1.82) is 0 Å². The molecule has 0 aliphatic rings. The van der Waals surface area contributed by atoms with Crippen LogP contribution in [0.3, 0.4) is 0 Å². The Kier molecular flexibility index (Phi) is 18.8. The molecule has 0 aliphatic carbocycles. The maximum atomic E-state index is 5.01. The molecule has 0 aliphatic heterocycles. The van der Waals surface area contributed by atoms with E-state index in [1.807, 2.05) is 0 Å². The topological polar surface area (TPSA) is 0 Å². The number of halogens is 4. The molecule has 0 saturated heterocycles. The Morgan fingerprint density at radius 2 is 0.857 bits per heavy atom. The van der Waals surface area contributed by atoms with Crippen molar-refractivity contribution >= 4 is 75.0 Å². The molecule has 0 atom stereocenters. The molecule has 7 heteroatoms. The maximum absolute atomic E-state index is 5.01. The van der Waals surface area contributed by atoms with Gasteiger partial charge in [-0.3, -0.25) is 0 Å². The van der Waals surface area contributed by atoms with E-state index in [4.69, 9.17) is 37.2 Å². The minimum absolute atomic E-state index is 0. The minimum atomic E-state index is -3.11. The fourth-order valence-corrected chi connectivity index (χ4v) is 0. The van der Waals surface area contributed by atoms with Gasteiger partial charge in [-0.15, -0.1) is 0 Å². The summed E-state index contributed by atoms with van der Waals surface area (Å²) < 4.78 is 0. The van der Waals surface area contributed by atoms with Crippen molar-refractivity contribution < 1.29 is 29.4 Å². The van der Waals surface area contributed by atoms with Crippen molar-refractivity contribution in [2.75, 3.05) is 0 Å². The van der Waals surface area contributed by atoms with Crippen LogP contribution >= 0.6 is 37.2 Å². The Labute approximate surface area is 102 Å². The van der Waals surface area contributed by atoms with Crippen molar-refractivity contribution in [3.8, 4) is 0 Å². The predicted molar refractivity (Wildman–Crippen MR) is 32.0 cm³/mol. The van der Waals surface area contributed by atoms with E-state index in [-0.39, 0.29) is 54.8 Å². The van der Waals surface area contributed by atoms with Crippen molar-refractivity contribution in [2.45, 2.75) is 0 Å². The summed E-state index contributed by atoms with van der Waals surface area (Å²) in [6.07, 6.45) is 0. The molecule has 0 nitrogen and oxygen atoms in total.